The Morgan fingerprint density at radius 1 is 1.05 bits per heavy atom. The topological polar surface area (TPSA) is 79.3 Å². The Morgan fingerprint density at radius 2 is 1.75 bits per heavy atom. The second-order valence-corrected chi connectivity index (χ2v) is 12.5. The van der Waals surface area contributed by atoms with Crippen molar-refractivity contribution < 1.29 is 9.53 Å². The van der Waals surface area contributed by atoms with Crippen molar-refractivity contribution in [2.75, 3.05) is 4.90 Å². The van der Waals surface area contributed by atoms with E-state index >= 15 is 0 Å². The molecule has 1 aliphatic heterocycles. The summed E-state index contributed by atoms with van der Waals surface area (Å²) in [4.78, 5) is 15.9. The van der Waals surface area contributed by atoms with Crippen molar-refractivity contribution in [3.05, 3.63) is 116 Å². The zero-order valence-corrected chi connectivity index (χ0v) is 25.2. The highest BCUT2D eigenvalue weighted by atomic mass is 79.9. The second-order valence-electron chi connectivity index (χ2n) is 11.7. The number of nitrogens with two attached hydrogens (primary N) is 1. The summed E-state index contributed by atoms with van der Waals surface area (Å²) in [7, 11) is 0. The third kappa shape index (κ3) is 5.07. The van der Waals surface area contributed by atoms with Gasteiger partial charge in [-0.2, -0.15) is 5.26 Å². The number of hydrogen-bond donors (Lipinski definition) is 1. The number of ether oxygens (including phenoxy) is 1. The first-order chi connectivity index (χ1) is 19.0. The Bertz CT molecular complexity index is 1610. The van der Waals surface area contributed by atoms with Gasteiger partial charge in [0.15, 0.2) is 5.78 Å². The van der Waals surface area contributed by atoms with Crippen molar-refractivity contribution in [2.24, 2.45) is 11.1 Å². The van der Waals surface area contributed by atoms with Crippen LogP contribution in [0.5, 0.6) is 5.75 Å². The van der Waals surface area contributed by atoms with Crippen LogP contribution in [0.15, 0.2) is 87.8 Å². The highest BCUT2D eigenvalue weighted by Crippen LogP contribution is 2.51. The molecule has 2 N–H and O–H groups in total. The summed E-state index contributed by atoms with van der Waals surface area (Å²) in [6.45, 7) is 10.7. The van der Waals surface area contributed by atoms with Gasteiger partial charge in [0.25, 0.3) is 0 Å². The summed E-state index contributed by atoms with van der Waals surface area (Å²) in [5.41, 5.74) is 14.6. The van der Waals surface area contributed by atoms with Gasteiger partial charge in [-0.15, -0.1) is 0 Å². The molecule has 6 heteroatoms. The van der Waals surface area contributed by atoms with Crippen LogP contribution in [0.1, 0.15) is 60.4 Å². The lowest BCUT2D eigenvalue weighted by Crippen LogP contribution is -2.42. The second kappa shape index (κ2) is 10.6. The SMILES string of the molecule is Cc1ccc(N2C(N)=C(C#N)C(c3cc(C)cc(COc4ccccc4Br)c3C)C3=C2CC(C)(C)CC3=O)cc1. The number of aryl methyl sites for hydroxylation is 2. The van der Waals surface area contributed by atoms with Gasteiger partial charge in [0, 0.05) is 23.4 Å². The number of para-hydroxylation sites is 1. The van der Waals surface area contributed by atoms with Gasteiger partial charge in [-0.25, -0.2) is 0 Å². The molecule has 0 aromatic heterocycles. The summed E-state index contributed by atoms with van der Waals surface area (Å²) in [5, 5.41) is 10.5. The van der Waals surface area contributed by atoms with Gasteiger partial charge in [-0.1, -0.05) is 61.4 Å². The molecule has 2 aliphatic rings. The van der Waals surface area contributed by atoms with Crippen LogP contribution in [-0.4, -0.2) is 5.78 Å². The zero-order chi connectivity index (χ0) is 28.8. The number of halogens is 1. The van der Waals surface area contributed by atoms with E-state index in [9.17, 15) is 10.1 Å². The van der Waals surface area contributed by atoms with Gasteiger partial charge in [0.05, 0.1) is 22.0 Å². The molecular weight excluding hydrogens is 562 g/mol. The predicted molar refractivity (Wildman–Crippen MR) is 163 cm³/mol. The first-order valence-electron chi connectivity index (χ1n) is 13.5. The van der Waals surface area contributed by atoms with E-state index in [1.807, 2.05) is 74.2 Å². The fraction of sp³-hybridized carbons (Fsp3) is 0.294. The van der Waals surface area contributed by atoms with E-state index in [2.05, 4.69) is 48.0 Å². The molecule has 0 saturated heterocycles. The maximum atomic E-state index is 14.0. The highest BCUT2D eigenvalue weighted by molar-refractivity contribution is 9.10. The van der Waals surface area contributed by atoms with Crippen LogP contribution >= 0.6 is 15.9 Å². The lowest BCUT2D eigenvalue weighted by molar-refractivity contribution is -0.118. The molecule has 0 fully saturated rings. The number of rotatable bonds is 5. The Labute approximate surface area is 245 Å². The minimum atomic E-state index is -0.535. The molecule has 0 radical (unpaired) electrons. The third-order valence-corrected chi connectivity index (χ3v) is 8.56. The Kier molecular flexibility index (Phi) is 7.37. The van der Waals surface area contributed by atoms with Gasteiger partial charge in [-0.05, 0) is 89.5 Å². The maximum Gasteiger partial charge on any atom is 0.162 e. The first kappa shape index (κ1) is 27.7. The number of allylic oxidation sites excluding steroid dienone is 3. The molecule has 3 aromatic carbocycles. The summed E-state index contributed by atoms with van der Waals surface area (Å²) in [5.74, 6) is 0.674. The zero-order valence-electron chi connectivity index (χ0n) is 23.6. The molecule has 1 atom stereocenters. The molecule has 5 nitrogen and oxygen atoms in total. The van der Waals surface area contributed by atoms with Crippen molar-refractivity contribution in [3.63, 3.8) is 0 Å². The fourth-order valence-electron chi connectivity index (χ4n) is 5.94. The maximum absolute atomic E-state index is 14.0. The van der Waals surface area contributed by atoms with Crippen molar-refractivity contribution in [2.45, 2.75) is 60.0 Å². The normalized spacial score (nSPS) is 18.5. The van der Waals surface area contributed by atoms with Crippen LogP contribution in [0, 0.1) is 37.5 Å². The van der Waals surface area contributed by atoms with Gasteiger partial charge < -0.3 is 10.5 Å². The van der Waals surface area contributed by atoms with Crippen LogP contribution in [0.25, 0.3) is 0 Å². The molecule has 5 rings (SSSR count). The summed E-state index contributed by atoms with van der Waals surface area (Å²) in [6.07, 6.45) is 1.10. The Balaban J connectivity index is 1.67. The number of nitriles is 1. The van der Waals surface area contributed by atoms with Crippen LogP contribution in [0.4, 0.5) is 5.69 Å². The minimum absolute atomic E-state index is 0.0699. The lowest BCUT2D eigenvalue weighted by atomic mass is 9.68. The molecule has 1 unspecified atom stereocenters. The van der Waals surface area contributed by atoms with Gasteiger partial charge in [-0.3, -0.25) is 9.69 Å². The van der Waals surface area contributed by atoms with E-state index in [0.717, 1.165) is 49.4 Å². The molecule has 0 spiro atoms. The quantitative estimate of drug-likeness (QED) is 0.324. The number of anilines is 1. The molecule has 204 valence electrons. The van der Waals surface area contributed by atoms with E-state index < -0.39 is 5.92 Å². The number of benzene rings is 3. The molecule has 0 amide bonds. The summed E-state index contributed by atoms with van der Waals surface area (Å²) < 4.78 is 7.06. The Morgan fingerprint density at radius 3 is 2.42 bits per heavy atom. The lowest BCUT2D eigenvalue weighted by Gasteiger charge is -2.44. The summed E-state index contributed by atoms with van der Waals surface area (Å²) >= 11 is 3.56. The number of carbonyl (C=O) groups excluding carboxylic acids is 1. The van der Waals surface area contributed by atoms with E-state index in [1.54, 1.807) is 0 Å². The number of ketones is 1. The summed E-state index contributed by atoms with van der Waals surface area (Å²) in [6, 6.07) is 22.4. The van der Waals surface area contributed by atoms with E-state index in [4.69, 9.17) is 10.5 Å². The largest absolute Gasteiger partial charge is 0.488 e. The number of nitrogens with zero attached hydrogens (tertiary/aromatic N) is 2. The van der Waals surface area contributed by atoms with E-state index in [-0.39, 0.29) is 11.2 Å². The van der Waals surface area contributed by atoms with E-state index in [0.29, 0.717) is 36.4 Å². The average molecular weight is 597 g/mol. The molecule has 0 saturated carbocycles. The van der Waals surface area contributed by atoms with Gasteiger partial charge >= 0.3 is 0 Å². The monoisotopic (exact) mass is 595 g/mol. The van der Waals surface area contributed by atoms with Crippen molar-refractivity contribution in [1.29, 1.82) is 5.26 Å². The average Bonchev–Trinajstić information content (AvgIpc) is 2.89. The minimum Gasteiger partial charge on any atom is -0.488 e. The first-order valence-corrected chi connectivity index (χ1v) is 14.3. The number of carbonyl (C=O) groups is 1. The highest BCUT2D eigenvalue weighted by Gasteiger charge is 2.45. The van der Waals surface area contributed by atoms with Crippen LogP contribution in [-0.2, 0) is 11.4 Å². The van der Waals surface area contributed by atoms with Gasteiger partial charge in [0.2, 0.25) is 0 Å². The van der Waals surface area contributed by atoms with Crippen molar-refractivity contribution in [1.82, 2.24) is 0 Å². The molecular formula is C34H34BrN3O2. The predicted octanol–water partition coefficient (Wildman–Crippen LogP) is 7.89. The van der Waals surface area contributed by atoms with Crippen molar-refractivity contribution >= 4 is 27.4 Å². The van der Waals surface area contributed by atoms with Crippen LogP contribution in [0.3, 0.4) is 0 Å². The smallest absolute Gasteiger partial charge is 0.162 e. The standard InChI is InChI=1S/C34H34BrN3O2/c1-20-10-12-24(13-11-20)38-28-16-34(4,5)17-29(39)32(28)31(26(18-36)33(38)37)25-15-21(2)14-23(22(25)3)19-40-30-9-7-6-8-27(30)35/h6-15,31H,16-17,19,37H2,1-5H3. The van der Waals surface area contributed by atoms with Gasteiger partial charge in [0.1, 0.15) is 18.2 Å². The number of hydrogen-bond acceptors (Lipinski definition) is 5. The Hall–Kier alpha value is -3.82. The fourth-order valence-corrected chi connectivity index (χ4v) is 6.34. The molecule has 1 aliphatic carbocycles. The molecule has 1 heterocycles. The third-order valence-electron chi connectivity index (χ3n) is 7.90. The van der Waals surface area contributed by atoms with Crippen molar-refractivity contribution in [3.8, 4) is 11.8 Å². The van der Waals surface area contributed by atoms with Crippen LogP contribution in [0.2, 0.25) is 0 Å². The van der Waals surface area contributed by atoms with Crippen LogP contribution < -0.4 is 15.4 Å². The number of Topliss-reactive ketones (excluding diaryl/α,β-unsaturated/α-hetero) is 1. The molecule has 3 aromatic rings. The molecule has 0 bridgehead atoms. The molecule has 40 heavy (non-hydrogen) atoms. The van der Waals surface area contributed by atoms with E-state index in [1.165, 1.54) is 0 Å².